The van der Waals surface area contributed by atoms with Gasteiger partial charge in [0.2, 0.25) is 0 Å². The molecule has 0 aliphatic carbocycles. The molecule has 4 nitrogen and oxygen atoms in total. The molecule has 1 N–H and O–H groups in total. The Morgan fingerprint density at radius 3 is 2.68 bits per heavy atom. The van der Waals surface area contributed by atoms with E-state index in [9.17, 15) is 10.1 Å². The number of nitrogens with one attached hydrogen (secondary N) is 1. The van der Waals surface area contributed by atoms with E-state index in [-0.39, 0.29) is 11.7 Å². The SMILES string of the molecule is Cc1cccc(NC(=O)/C(C#N)=C/c2cc(Br)ccc2OC(C)C)c1. The molecular formula is C20H19BrN2O2. The van der Waals surface area contributed by atoms with Crippen LogP contribution in [0.5, 0.6) is 5.75 Å². The lowest BCUT2D eigenvalue weighted by Crippen LogP contribution is -2.13. The number of carbonyl (C=O) groups is 1. The molecule has 0 aromatic heterocycles. The van der Waals surface area contributed by atoms with Crippen molar-refractivity contribution in [3.05, 3.63) is 63.6 Å². The summed E-state index contributed by atoms with van der Waals surface area (Å²) in [4.78, 5) is 12.4. The summed E-state index contributed by atoms with van der Waals surface area (Å²) >= 11 is 3.40. The summed E-state index contributed by atoms with van der Waals surface area (Å²) in [6, 6.07) is 14.9. The summed E-state index contributed by atoms with van der Waals surface area (Å²) in [5, 5.41) is 12.1. The molecule has 128 valence electrons. The summed E-state index contributed by atoms with van der Waals surface area (Å²) in [5.74, 6) is 0.165. The Morgan fingerprint density at radius 1 is 1.28 bits per heavy atom. The number of nitrogens with zero attached hydrogens (tertiary/aromatic N) is 1. The molecule has 2 aromatic rings. The second kappa shape index (κ2) is 8.50. The summed E-state index contributed by atoms with van der Waals surface area (Å²) in [7, 11) is 0. The van der Waals surface area contributed by atoms with Gasteiger partial charge in [-0.05, 0) is 62.7 Å². The Kier molecular flexibility index (Phi) is 6.37. The fourth-order valence-electron chi connectivity index (χ4n) is 2.22. The highest BCUT2D eigenvalue weighted by molar-refractivity contribution is 9.10. The number of anilines is 1. The number of rotatable bonds is 5. The molecule has 0 atom stereocenters. The lowest BCUT2D eigenvalue weighted by molar-refractivity contribution is -0.112. The van der Waals surface area contributed by atoms with Crippen LogP contribution < -0.4 is 10.1 Å². The Morgan fingerprint density at radius 2 is 2.04 bits per heavy atom. The van der Waals surface area contributed by atoms with E-state index < -0.39 is 5.91 Å². The first-order valence-electron chi connectivity index (χ1n) is 7.85. The lowest BCUT2D eigenvalue weighted by atomic mass is 10.1. The highest BCUT2D eigenvalue weighted by Gasteiger charge is 2.12. The van der Waals surface area contributed by atoms with E-state index in [4.69, 9.17) is 4.74 Å². The van der Waals surface area contributed by atoms with Gasteiger partial charge >= 0.3 is 0 Å². The quantitative estimate of drug-likeness (QED) is 0.563. The fraction of sp³-hybridized carbons (Fsp3) is 0.200. The molecule has 25 heavy (non-hydrogen) atoms. The monoisotopic (exact) mass is 398 g/mol. The second-order valence-corrected chi connectivity index (χ2v) is 6.76. The van der Waals surface area contributed by atoms with Crippen LogP contribution in [-0.4, -0.2) is 12.0 Å². The molecule has 0 spiro atoms. The van der Waals surface area contributed by atoms with Gasteiger partial charge in [0.1, 0.15) is 17.4 Å². The van der Waals surface area contributed by atoms with Crippen LogP contribution in [0.2, 0.25) is 0 Å². The summed E-state index contributed by atoms with van der Waals surface area (Å²) < 4.78 is 6.59. The Labute approximate surface area is 156 Å². The van der Waals surface area contributed by atoms with Crippen LogP contribution in [0.4, 0.5) is 5.69 Å². The highest BCUT2D eigenvalue weighted by Crippen LogP contribution is 2.26. The van der Waals surface area contributed by atoms with Gasteiger partial charge in [0.05, 0.1) is 6.10 Å². The number of aryl methyl sites for hydroxylation is 1. The predicted molar refractivity (Wildman–Crippen MR) is 103 cm³/mol. The third-order valence-electron chi connectivity index (χ3n) is 3.28. The highest BCUT2D eigenvalue weighted by atomic mass is 79.9. The molecule has 0 saturated carbocycles. The van der Waals surface area contributed by atoms with Gasteiger partial charge < -0.3 is 10.1 Å². The normalized spacial score (nSPS) is 11.1. The van der Waals surface area contributed by atoms with Crippen molar-refractivity contribution >= 4 is 33.6 Å². The van der Waals surface area contributed by atoms with Crippen LogP contribution in [-0.2, 0) is 4.79 Å². The van der Waals surface area contributed by atoms with Crippen molar-refractivity contribution < 1.29 is 9.53 Å². The van der Waals surface area contributed by atoms with Crippen LogP contribution in [0.1, 0.15) is 25.0 Å². The first kappa shape index (κ1) is 18.8. The zero-order valence-corrected chi connectivity index (χ0v) is 15.9. The van der Waals surface area contributed by atoms with Crippen molar-refractivity contribution in [2.24, 2.45) is 0 Å². The molecule has 0 aliphatic rings. The van der Waals surface area contributed by atoms with Gasteiger partial charge in [-0.25, -0.2) is 0 Å². The number of hydrogen-bond donors (Lipinski definition) is 1. The zero-order valence-electron chi connectivity index (χ0n) is 14.3. The molecular weight excluding hydrogens is 380 g/mol. The van der Waals surface area contributed by atoms with Crippen LogP contribution in [0.15, 0.2) is 52.5 Å². The number of nitriles is 1. The van der Waals surface area contributed by atoms with E-state index in [2.05, 4.69) is 21.2 Å². The van der Waals surface area contributed by atoms with E-state index in [0.29, 0.717) is 17.0 Å². The topological polar surface area (TPSA) is 62.1 Å². The van der Waals surface area contributed by atoms with Gasteiger partial charge in [0, 0.05) is 15.7 Å². The molecule has 0 unspecified atom stereocenters. The van der Waals surface area contributed by atoms with Gasteiger partial charge in [-0.2, -0.15) is 5.26 Å². The Hall–Kier alpha value is -2.58. The lowest BCUT2D eigenvalue weighted by Gasteiger charge is -2.13. The van der Waals surface area contributed by atoms with E-state index >= 15 is 0 Å². The smallest absolute Gasteiger partial charge is 0.266 e. The molecule has 2 rings (SSSR count). The van der Waals surface area contributed by atoms with Gasteiger partial charge in [-0.1, -0.05) is 28.1 Å². The van der Waals surface area contributed by atoms with E-state index in [1.54, 1.807) is 6.07 Å². The number of amides is 1. The third-order valence-corrected chi connectivity index (χ3v) is 3.77. The molecule has 0 saturated heterocycles. The molecule has 5 heteroatoms. The fourth-order valence-corrected chi connectivity index (χ4v) is 2.60. The van der Waals surface area contributed by atoms with Gasteiger partial charge in [-0.3, -0.25) is 4.79 Å². The Balaban J connectivity index is 2.32. The van der Waals surface area contributed by atoms with Crippen molar-refractivity contribution in [1.82, 2.24) is 0 Å². The standard InChI is InChI=1S/C20H19BrN2O2/c1-13(2)25-19-8-7-17(21)11-15(19)10-16(12-22)20(24)23-18-6-4-5-14(3)9-18/h4-11,13H,1-3H3,(H,23,24)/b16-10+. The minimum atomic E-state index is -0.455. The molecule has 0 radical (unpaired) electrons. The Bertz CT molecular complexity index is 851. The minimum absolute atomic E-state index is 0.00760. The molecule has 0 bridgehead atoms. The van der Waals surface area contributed by atoms with Crippen molar-refractivity contribution in [3.63, 3.8) is 0 Å². The van der Waals surface area contributed by atoms with Gasteiger partial charge in [0.25, 0.3) is 5.91 Å². The van der Waals surface area contributed by atoms with Gasteiger partial charge in [0.15, 0.2) is 0 Å². The first-order valence-corrected chi connectivity index (χ1v) is 8.64. The maximum Gasteiger partial charge on any atom is 0.266 e. The minimum Gasteiger partial charge on any atom is -0.490 e. The number of benzene rings is 2. The molecule has 0 heterocycles. The summed E-state index contributed by atoms with van der Waals surface area (Å²) in [5.41, 5.74) is 2.35. The van der Waals surface area contributed by atoms with E-state index in [0.717, 1.165) is 10.0 Å². The number of ether oxygens (including phenoxy) is 1. The van der Waals surface area contributed by atoms with Crippen LogP contribution >= 0.6 is 15.9 Å². The average molecular weight is 399 g/mol. The first-order chi connectivity index (χ1) is 11.9. The maximum absolute atomic E-state index is 12.4. The number of halogens is 1. The largest absolute Gasteiger partial charge is 0.490 e. The van der Waals surface area contributed by atoms with Crippen molar-refractivity contribution in [2.45, 2.75) is 26.9 Å². The van der Waals surface area contributed by atoms with Crippen LogP contribution in [0, 0.1) is 18.3 Å². The van der Waals surface area contributed by atoms with E-state index in [1.807, 2.05) is 63.2 Å². The van der Waals surface area contributed by atoms with Crippen molar-refractivity contribution in [1.29, 1.82) is 5.26 Å². The van der Waals surface area contributed by atoms with Crippen molar-refractivity contribution in [3.8, 4) is 11.8 Å². The third kappa shape index (κ3) is 5.47. The van der Waals surface area contributed by atoms with Crippen LogP contribution in [0.25, 0.3) is 6.08 Å². The molecule has 0 aliphatic heterocycles. The van der Waals surface area contributed by atoms with Gasteiger partial charge in [-0.15, -0.1) is 0 Å². The average Bonchev–Trinajstić information content (AvgIpc) is 2.54. The number of hydrogen-bond acceptors (Lipinski definition) is 3. The molecule has 2 aromatic carbocycles. The summed E-state index contributed by atoms with van der Waals surface area (Å²) in [6.45, 7) is 5.78. The summed E-state index contributed by atoms with van der Waals surface area (Å²) in [6.07, 6.45) is 1.52. The number of carbonyl (C=O) groups excluding carboxylic acids is 1. The second-order valence-electron chi connectivity index (χ2n) is 5.84. The van der Waals surface area contributed by atoms with Crippen molar-refractivity contribution in [2.75, 3.05) is 5.32 Å². The van der Waals surface area contributed by atoms with Crippen LogP contribution in [0.3, 0.4) is 0 Å². The maximum atomic E-state index is 12.4. The predicted octanol–water partition coefficient (Wildman–Crippen LogP) is 5.09. The zero-order chi connectivity index (χ0) is 18.4. The molecule has 1 amide bonds. The van der Waals surface area contributed by atoms with E-state index in [1.165, 1.54) is 6.08 Å². The molecule has 0 fully saturated rings.